The van der Waals surface area contributed by atoms with Crippen molar-refractivity contribution in [2.24, 2.45) is 5.11 Å². The molecule has 0 radical (unpaired) electrons. The number of fused-ring (bicyclic) bond motifs is 1. The second-order valence-corrected chi connectivity index (χ2v) is 12.1. The summed E-state index contributed by atoms with van der Waals surface area (Å²) in [7, 11) is -16.7. The second kappa shape index (κ2) is 12.8. The zero-order valence-electron chi connectivity index (χ0n) is 19.9. The molecular formula is C16H23N8O12P3. The van der Waals surface area contributed by atoms with E-state index in [2.05, 4.69) is 45.4 Å². The molecule has 0 aliphatic carbocycles. The Kier molecular flexibility index (Phi) is 10.2. The molecule has 0 amide bonds. The number of nitrogens with zero attached hydrogens (tertiary/aromatic N) is 7. The van der Waals surface area contributed by atoms with Gasteiger partial charge in [0, 0.05) is 17.8 Å². The highest BCUT2D eigenvalue weighted by atomic mass is 31.3. The monoisotopic (exact) mass is 612 g/mol. The van der Waals surface area contributed by atoms with E-state index < -0.39 is 54.7 Å². The van der Waals surface area contributed by atoms with Crippen molar-refractivity contribution < 1.29 is 55.9 Å². The van der Waals surface area contributed by atoms with Crippen LogP contribution in [0.3, 0.4) is 0 Å². The van der Waals surface area contributed by atoms with E-state index in [0.29, 0.717) is 12.1 Å². The van der Waals surface area contributed by atoms with Crippen molar-refractivity contribution in [2.45, 2.75) is 50.8 Å². The van der Waals surface area contributed by atoms with Gasteiger partial charge in [0.2, 0.25) is 0 Å². The summed E-state index contributed by atoms with van der Waals surface area (Å²) in [5.41, 5.74) is 15.3. The summed E-state index contributed by atoms with van der Waals surface area (Å²) in [4.78, 5) is 51.4. The highest BCUT2D eigenvalue weighted by Crippen LogP contribution is 2.66. The lowest BCUT2D eigenvalue weighted by molar-refractivity contribution is -0.0794. The van der Waals surface area contributed by atoms with Gasteiger partial charge < -0.3 is 34.8 Å². The van der Waals surface area contributed by atoms with E-state index in [1.165, 1.54) is 17.2 Å². The molecule has 0 bridgehead atoms. The largest absolute Gasteiger partial charge is 0.490 e. The molecule has 20 nitrogen and oxygen atoms in total. The smallest absolute Gasteiger partial charge is 0.382 e. The van der Waals surface area contributed by atoms with Gasteiger partial charge in [-0.1, -0.05) is 5.11 Å². The van der Waals surface area contributed by atoms with Gasteiger partial charge in [0.1, 0.15) is 30.4 Å². The van der Waals surface area contributed by atoms with Crippen LogP contribution in [-0.2, 0) is 36.3 Å². The van der Waals surface area contributed by atoms with Crippen molar-refractivity contribution in [3.8, 4) is 11.8 Å². The number of imidazole rings is 1. The van der Waals surface area contributed by atoms with Crippen LogP contribution in [0, 0.1) is 11.8 Å². The number of phosphoric ester groups is 1. The van der Waals surface area contributed by atoms with Crippen LogP contribution < -0.4 is 5.73 Å². The second-order valence-electron chi connectivity index (χ2n) is 7.63. The number of phosphoric acid groups is 3. The molecule has 6 N–H and O–H groups in total. The van der Waals surface area contributed by atoms with E-state index in [1.54, 1.807) is 6.92 Å². The highest BCUT2D eigenvalue weighted by Gasteiger charge is 2.44. The fourth-order valence-electron chi connectivity index (χ4n) is 3.45. The lowest BCUT2D eigenvalue weighted by Gasteiger charge is -2.23. The molecule has 0 spiro atoms. The first-order chi connectivity index (χ1) is 18.2. The minimum Gasteiger partial charge on any atom is -0.382 e. The molecule has 23 heteroatoms. The molecule has 3 heterocycles. The molecule has 1 aliphatic heterocycles. The molecule has 0 aromatic carbocycles. The number of hydrogen-bond donors (Lipinski definition) is 5. The normalized spacial score (nSPS) is 23.3. The summed E-state index contributed by atoms with van der Waals surface area (Å²) in [6, 6.07) is 0. The third kappa shape index (κ3) is 9.04. The summed E-state index contributed by atoms with van der Waals surface area (Å²) in [6.45, 7) is 0.829. The standard InChI is InChI=1S/C16H23N8O12P3/c1-2-3-4-5-12(22-23-18)33-10-6-13(24-9-21-14-15(17)19-8-20-16(14)24)34-11(10)7-32-38(28,29)36-39(30,31)35-37(25,26)27/h8-13H,4-7H2,1H3,(H,28,29)(H,30,31)(H2,17,19,20)(H2,25,26,27)/t10-,11-,12?,13-/m1/s1. The Hall–Kier alpha value is -2.45. The topological polar surface area (TPSA) is 297 Å². The van der Waals surface area contributed by atoms with E-state index in [1.807, 2.05) is 0 Å². The zero-order chi connectivity index (χ0) is 28.8. The molecule has 6 atom stereocenters. The molecule has 2 aromatic heterocycles. The Morgan fingerprint density at radius 1 is 1.26 bits per heavy atom. The SMILES string of the molecule is CC#CCCC(N=[N+]=[N-])O[C@@H]1C[C@H](n2cnc3c(N)ncnc32)O[C@@H]1COP(=O)(O)OP(=O)(O)OP(=O)(O)O. The molecule has 1 aliphatic rings. The first-order valence-electron chi connectivity index (χ1n) is 10.7. The molecule has 39 heavy (non-hydrogen) atoms. The van der Waals surface area contributed by atoms with Crippen molar-refractivity contribution >= 4 is 40.4 Å². The maximum absolute atomic E-state index is 12.2. The number of nitrogen functional groups attached to an aromatic ring is 1. The zero-order valence-corrected chi connectivity index (χ0v) is 22.6. The summed E-state index contributed by atoms with van der Waals surface area (Å²) in [6.07, 6.45) is -0.855. The molecule has 3 rings (SSSR count). The third-order valence-corrected chi connectivity index (χ3v) is 8.70. The molecular weight excluding hydrogens is 589 g/mol. The van der Waals surface area contributed by atoms with Gasteiger partial charge in [-0.25, -0.2) is 28.6 Å². The van der Waals surface area contributed by atoms with Crippen LogP contribution >= 0.6 is 23.5 Å². The Labute approximate surface area is 219 Å². The number of rotatable bonds is 13. The van der Waals surface area contributed by atoms with Gasteiger partial charge in [-0.15, -0.1) is 11.8 Å². The van der Waals surface area contributed by atoms with Crippen LogP contribution in [0.1, 0.15) is 32.4 Å². The van der Waals surface area contributed by atoms with E-state index in [9.17, 15) is 23.5 Å². The lowest BCUT2D eigenvalue weighted by atomic mass is 10.1. The maximum atomic E-state index is 12.2. The summed E-state index contributed by atoms with van der Waals surface area (Å²) in [5.74, 6) is 5.60. The van der Waals surface area contributed by atoms with E-state index in [0.717, 1.165) is 0 Å². The van der Waals surface area contributed by atoms with Crippen molar-refractivity contribution in [3.05, 3.63) is 23.1 Å². The predicted octanol–water partition coefficient (Wildman–Crippen LogP) is 1.86. The van der Waals surface area contributed by atoms with Gasteiger partial charge in [-0.05, 0) is 18.9 Å². The summed E-state index contributed by atoms with van der Waals surface area (Å²) < 4.78 is 60.1. The quantitative estimate of drug-likeness (QED) is 0.0708. The average molecular weight is 612 g/mol. The Morgan fingerprint density at radius 2 is 2.00 bits per heavy atom. The van der Waals surface area contributed by atoms with Gasteiger partial charge in [-0.3, -0.25) is 9.09 Å². The van der Waals surface area contributed by atoms with Crippen molar-refractivity contribution in [3.63, 3.8) is 0 Å². The fraction of sp³-hybridized carbons (Fsp3) is 0.562. The summed E-state index contributed by atoms with van der Waals surface area (Å²) >= 11 is 0. The van der Waals surface area contributed by atoms with Crippen molar-refractivity contribution in [2.75, 3.05) is 12.3 Å². The van der Waals surface area contributed by atoms with Crippen LogP contribution in [0.5, 0.6) is 0 Å². The highest BCUT2D eigenvalue weighted by molar-refractivity contribution is 7.66. The van der Waals surface area contributed by atoms with Gasteiger partial charge in [0.25, 0.3) is 0 Å². The molecule has 1 fully saturated rings. The molecule has 2 aromatic rings. The minimum atomic E-state index is -5.72. The number of aromatic nitrogens is 4. The van der Waals surface area contributed by atoms with Gasteiger partial charge >= 0.3 is 23.5 Å². The van der Waals surface area contributed by atoms with Crippen molar-refractivity contribution in [1.82, 2.24) is 19.5 Å². The Balaban J connectivity index is 1.81. The van der Waals surface area contributed by atoms with Crippen LogP contribution in [0.4, 0.5) is 5.82 Å². The number of hydrogen-bond acceptors (Lipinski definition) is 13. The minimum absolute atomic E-state index is 0.0523. The van der Waals surface area contributed by atoms with E-state index in [-0.39, 0.29) is 24.2 Å². The van der Waals surface area contributed by atoms with Gasteiger partial charge in [-0.2, -0.15) is 8.62 Å². The van der Waals surface area contributed by atoms with Gasteiger partial charge in [0.15, 0.2) is 11.5 Å². The maximum Gasteiger partial charge on any atom is 0.490 e. The number of azide groups is 1. The van der Waals surface area contributed by atoms with E-state index in [4.69, 9.17) is 35.0 Å². The first kappa shape index (κ1) is 31.1. The Bertz CT molecular complexity index is 1430. The number of anilines is 1. The van der Waals surface area contributed by atoms with E-state index >= 15 is 0 Å². The lowest BCUT2D eigenvalue weighted by Crippen LogP contribution is -2.32. The third-order valence-electron chi connectivity index (χ3n) is 4.90. The average Bonchev–Trinajstić information content (AvgIpc) is 3.40. The summed E-state index contributed by atoms with van der Waals surface area (Å²) in [5, 5.41) is 3.58. The first-order valence-corrected chi connectivity index (χ1v) is 15.2. The number of ether oxygens (including phenoxy) is 2. The Morgan fingerprint density at radius 3 is 2.67 bits per heavy atom. The van der Waals surface area contributed by atoms with Crippen molar-refractivity contribution in [1.29, 1.82) is 0 Å². The fourth-order valence-corrected chi connectivity index (χ4v) is 6.48. The molecule has 1 saturated heterocycles. The van der Waals surface area contributed by atoms with Crippen LogP contribution in [0.25, 0.3) is 21.6 Å². The number of nitrogens with two attached hydrogens (primary N) is 1. The van der Waals surface area contributed by atoms with Crippen LogP contribution in [-0.4, -0.2) is 64.1 Å². The molecule has 0 saturated carbocycles. The van der Waals surface area contributed by atoms with Gasteiger partial charge in [0.05, 0.1) is 19.0 Å². The predicted molar refractivity (Wildman–Crippen MR) is 129 cm³/mol. The van der Waals surface area contributed by atoms with Crippen LogP contribution in [0.15, 0.2) is 17.8 Å². The molecule has 3 unspecified atom stereocenters. The van der Waals surface area contributed by atoms with Crippen LogP contribution in [0.2, 0.25) is 0 Å². The molecule has 214 valence electrons.